The maximum absolute atomic E-state index is 14.0. The summed E-state index contributed by atoms with van der Waals surface area (Å²) < 4.78 is 31.7. The molecule has 0 aliphatic carbocycles. The number of ether oxygens (including phenoxy) is 6. The number of carbonyl (C=O) groups is 6. The summed E-state index contributed by atoms with van der Waals surface area (Å²) in [6, 6.07) is 11.6. The molecule has 0 saturated carbocycles. The van der Waals surface area contributed by atoms with E-state index < -0.39 is 66.7 Å². The Labute approximate surface area is 259 Å². The molecule has 0 spiro atoms. The zero-order valence-corrected chi connectivity index (χ0v) is 26.0. The lowest BCUT2D eigenvalue weighted by Gasteiger charge is -2.34. The molecule has 0 unspecified atom stereocenters. The number of halogens is 1. The topological polar surface area (TPSA) is 158 Å². The van der Waals surface area contributed by atoms with Gasteiger partial charge in [-0.2, -0.15) is 0 Å². The molecule has 0 heterocycles. The smallest absolute Gasteiger partial charge is 0.303 e. The van der Waals surface area contributed by atoms with Crippen molar-refractivity contribution in [1.82, 2.24) is 0 Å². The van der Waals surface area contributed by atoms with E-state index in [1.807, 2.05) is 19.1 Å². The molecule has 2 aromatic rings. The van der Waals surface area contributed by atoms with Gasteiger partial charge >= 0.3 is 29.8 Å². The van der Waals surface area contributed by atoms with Crippen LogP contribution in [-0.2, 0) is 54.1 Å². The van der Waals surface area contributed by atoms with Crippen molar-refractivity contribution in [3.63, 3.8) is 0 Å². The second-order valence-electron chi connectivity index (χ2n) is 9.55. The van der Waals surface area contributed by atoms with Crippen LogP contribution in [0.3, 0.4) is 0 Å². The lowest BCUT2D eigenvalue weighted by Crippen LogP contribution is -2.55. The zero-order valence-electron chi connectivity index (χ0n) is 25.2. The third kappa shape index (κ3) is 11.3. The highest BCUT2D eigenvalue weighted by molar-refractivity contribution is 6.31. The third-order valence-corrected chi connectivity index (χ3v) is 6.24. The Morgan fingerprint density at radius 3 is 1.80 bits per heavy atom. The average molecular weight is 635 g/mol. The Hall–Kier alpha value is -4.45. The van der Waals surface area contributed by atoms with Gasteiger partial charge in [-0.05, 0) is 54.8 Å². The van der Waals surface area contributed by atoms with Crippen molar-refractivity contribution in [3.05, 3.63) is 64.2 Å². The van der Waals surface area contributed by atoms with Crippen LogP contribution in [0.5, 0.6) is 5.75 Å². The maximum atomic E-state index is 14.0. The largest absolute Gasteiger partial charge is 0.494 e. The van der Waals surface area contributed by atoms with Gasteiger partial charge in [-0.25, -0.2) is 0 Å². The van der Waals surface area contributed by atoms with Crippen molar-refractivity contribution in [3.8, 4) is 5.75 Å². The summed E-state index contributed by atoms with van der Waals surface area (Å²) in [5, 5.41) is 0.352. The lowest BCUT2D eigenvalue weighted by atomic mass is 9.93. The summed E-state index contributed by atoms with van der Waals surface area (Å²) in [4.78, 5) is 74.0. The van der Waals surface area contributed by atoms with E-state index in [4.69, 9.17) is 40.0 Å². The van der Waals surface area contributed by atoms with Gasteiger partial charge in [-0.1, -0.05) is 23.7 Å². The van der Waals surface area contributed by atoms with E-state index in [0.29, 0.717) is 29.4 Å². The van der Waals surface area contributed by atoms with Gasteiger partial charge in [0.15, 0.2) is 18.3 Å². The van der Waals surface area contributed by atoms with Gasteiger partial charge in [0.05, 0.1) is 6.61 Å². The molecule has 12 nitrogen and oxygen atoms in total. The van der Waals surface area contributed by atoms with Crippen LogP contribution in [0.2, 0.25) is 5.02 Å². The number of hydrogen-bond acceptors (Lipinski definition) is 12. The predicted molar refractivity (Wildman–Crippen MR) is 155 cm³/mol. The molecule has 0 amide bonds. The van der Waals surface area contributed by atoms with Gasteiger partial charge in [-0.3, -0.25) is 28.8 Å². The molecule has 13 heteroatoms. The van der Waals surface area contributed by atoms with Crippen molar-refractivity contribution < 1.29 is 57.2 Å². The first-order valence-electron chi connectivity index (χ1n) is 13.6. The summed E-state index contributed by atoms with van der Waals surface area (Å²) in [5.74, 6) is -4.59. The van der Waals surface area contributed by atoms with E-state index >= 15 is 0 Å². The van der Waals surface area contributed by atoms with Crippen LogP contribution in [0.25, 0.3) is 0 Å². The van der Waals surface area contributed by atoms with Crippen LogP contribution >= 0.6 is 11.6 Å². The van der Waals surface area contributed by atoms with Crippen LogP contribution in [0, 0.1) is 0 Å². The molecule has 2 aromatic carbocycles. The second-order valence-corrected chi connectivity index (χ2v) is 9.96. The van der Waals surface area contributed by atoms with E-state index in [0.717, 1.165) is 40.2 Å². The summed E-state index contributed by atoms with van der Waals surface area (Å²) in [6.45, 7) is 6.92. The minimum Gasteiger partial charge on any atom is -0.494 e. The van der Waals surface area contributed by atoms with E-state index in [-0.39, 0.29) is 5.56 Å². The summed E-state index contributed by atoms with van der Waals surface area (Å²) in [6.07, 6.45) is -6.71. The molecule has 238 valence electrons. The molecular weight excluding hydrogens is 600 g/mol. The molecule has 0 aromatic heterocycles. The molecule has 4 atom stereocenters. The molecule has 0 aliphatic heterocycles. The first kappa shape index (κ1) is 35.7. The molecule has 44 heavy (non-hydrogen) atoms. The standard InChI is InChI=1S/C31H35ClO12/c1-7-39-25-11-8-22(9-12-25)14-24-15-23(10-13-26(24)32)28(38)30(43-20(5)36)31(44-21(6)37)29(42-19(4)35)27(41-18(3)34)16-40-17(2)33/h8-13,15,27,29-31H,7,14,16H2,1-6H3/t27-,29+,30-,31-/m0/s1. The molecular formula is C31H35ClO12. The lowest BCUT2D eigenvalue weighted by molar-refractivity contribution is -0.199. The fraction of sp³-hybridized carbons (Fsp3) is 0.419. The Kier molecular flexibility index (Phi) is 13.8. The molecule has 0 N–H and O–H groups in total. The van der Waals surface area contributed by atoms with Crippen molar-refractivity contribution in [2.45, 2.75) is 72.4 Å². The number of hydrogen-bond donors (Lipinski definition) is 0. The van der Waals surface area contributed by atoms with Crippen molar-refractivity contribution in [2.24, 2.45) is 0 Å². The van der Waals surface area contributed by atoms with Gasteiger partial charge < -0.3 is 28.4 Å². The molecule has 0 radical (unpaired) electrons. The Morgan fingerprint density at radius 1 is 0.705 bits per heavy atom. The number of Topliss-reactive ketones (excluding diaryl/α,β-unsaturated/α-hetero) is 1. The van der Waals surface area contributed by atoms with Crippen molar-refractivity contribution in [2.75, 3.05) is 13.2 Å². The number of rotatable bonds is 15. The van der Waals surface area contributed by atoms with Gasteiger partial charge in [-0.15, -0.1) is 0 Å². The molecule has 0 fully saturated rings. The Balaban J connectivity index is 2.59. The van der Waals surface area contributed by atoms with E-state index in [1.165, 1.54) is 18.2 Å². The number of benzene rings is 2. The number of carbonyl (C=O) groups excluding carboxylic acids is 6. The highest BCUT2D eigenvalue weighted by atomic mass is 35.5. The van der Waals surface area contributed by atoms with Crippen LogP contribution in [-0.4, -0.2) is 73.3 Å². The molecule has 0 bridgehead atoms. The van der Waals surface area contributed by atoms with Crippen molar-refractivity contribution >= 4 is 47.2 Å². The minimum atomic E-state index is -1.89. The third-order valence-electron chi connectivity index (χ3n) is 5.87. The second kappa shape index (κ2) is 17.0. The van der Waals surface area contributed by atoms with Crippen LogP contribution in [0.4, 0.5) is 0 Å². The first-order valence-corrected chi connectivity index (χ1v) is 14.0. The van der Waals surface area contributed by atoms with Crippen LogP contribution in [0.1, 0.15) is 63.0 Å². The minimum absolute atomic E-state index is 0.0179. The number of ketones is 1. The maximum Gasteiger partial charge on any atom is 0.303 e. The summed E-state index contributed by atoms with van der Waals surface area (Å²) in [7, 11) is 0. The van der Waals surface area contributed by atoms with Gasteiger partial charge in [0.25, 0.3) is 0 Å². The predicted octanol–water partition coefficient (Wildman–Crippen LogP) is 3.80. The van der Waals surface area contributed by atoms with Crippen LogP contribution in [0.15, 0.2) is 42.5 Å². The monoisotopic (exact) mass is 634 g/mol. The van der Waals surface area contributed by atoms with Crippen LogP contribution < -0.4 is 4.74 Å². The molecule has 0 aliphatic rings. The Morgan fingerprint density at radius 2 is 1.27 bits per heavy atom. The number of esters is 5. The Bertz CT molecular complexity index is 1350. The highest BCUT2D eigenvalue weighted by Crippen LogP contribution is 2.27. The highest BCUT2D eigenvalue weighted by Gasteiger charge is 2.47. The average Bonchev–Trinajstić information content (AvgIpc) is 2.93. The molecule has 0 saturated heterocycles. The first-order chi connectivity index (χ1) is 20.7. The van der Waals surface area contributed by atoms with Gasteiger partial charge in [0.2, 0.25) is 11.9 Å². The van der Waals surface area contributed by atoms with E-state index in [1.54, 1.807) is 12.1 Å². The van der Waals surface area contributed by atoms with Gasteiger partial charge in [0, 0.05) is 45.2 Å². The fourth-order valence-electron chi connectivity index (χ4n) is 4.21. The van der Waals surface area contributed by atoms with E-state index in [2.05, 4.69) is 0 Å². The van der Waals surface area contributed by atoms with Crippen molar-refractivity contribution in [1.29, 1.82) is 0 Å². The summed E-state index contributed by atoms with van der Waals surface area (Å²) in [5.41, 5.74) is 1.43. The normalized spacial score (nSPS) is 13.3. The zero-order chi connectivity index (χ0) is 33.0. The SMILES string of the molecule is CCOc1ccc(Cc2cc(C(=O)[C@H](OC(C)=O)[C@@H](OC(C)=O)[C@H](OC(C)=O)[C@H](COC(C)=O)OC(C)=O)ccc2Cl)cc1. The molecule has 2 rings (SSSR count). The summed E-state index contributed by atoms with van der Waals surface area (Å²) >= 11 is 6.45. The van der Waals surface area contributed by atoms with Gasteiger partial charge in [0.1, 0.15) is 12.4 Å². The quantitative estimate of drug-likeness (QED) is 0.159. The van der Waals surface area contributed by atoms with E-state index in [9.17, 15) is 28.8 Å². The fourth-order valence-corrected chi connectivity index (χ4v) is 4.40.